The first kappa shape index (κ1) is 22.0. The lowest BCUT2D eigenvalue weighted by Crippen LogP contribution is -2.44. The molecule has 0 aromatic heterocycles. The zero-order chi connectivity index (χ0) is 19.8. The minimum atomic E-state index is -2.00. The fraction of sp³-hybridized carbons (Fsp3) is 0.647. The molecule has 0 spiro atoms. The Balaban J connectivity index is 3.35. The van der Waals surface area contributed by atoms with Crippen LogP contribution < -0.4 is 4.74 Å². The van der Waals surface area contributed by atoms with Crippen LogP contribution in [-0.2, 0) is 9.84 Å². The molecule has 1 aromatic rings. The van der Waals surface area contributed by atoms with Crippen LogP contribution in [0.15, 0.2) is 10.5 Å². The Morgan fingerprint density at radius 2 is 1.80 bits per heavy atom. The second-order valence-corrected chi connectivity index (χ2v) is 13.9. The van der Waals surface area contributed by atoms with Gasteiger partial charge in [0.2, 0.25) is 5.82 Å². The number of methoxy groups -OCH3 is 1. The molecule has 1 rings (SSSR count). The molecule has 1 aromatic carbocycles. The lowest BCUT2D eigenvalue weighted by atomic mass is 9.84. The van der Waals surface area contributed by atoms with Crippen molar-refractivity contribution in [2.75, 3.05) is 13.7 Å². The summed E-state index contributed by atoms with van der Waals surface area (Å²) in [5, 5.41) is 11.2. The molecule has 0 amide bonds. The van der Waals surface area contributed by atoms with E-state index in [4.69, 9.17) is 9.16 Å². The summed E-state index contributed by atoms with van der Waals surface area (Å²) in [5.74, 6) is -0.682. The fourth-order valence-electron chi connectivity index (χ4n) is 2.09. The van der Waals surface area contributed by atoms with Crippen molar-refractivity contribution in [1.82, 2.24) is 0 Å². The Kier molecular flexibility index (Phi) is 6.46. The van der Waals surface area contributed by atoms with E-state index in [9.17, 15) is 14.5 Å². The van der Waals surface area contributed by atoms with Crippen molar-refractivity contribution in [3.8, 4) is 5.75 Å². The lowest BCUT2D eigenvalue weighted by molar-refractivity contribution is -0.387. The summed E-state index contributed by atoms with van der Waals surface area (Å²) >= 11 is 3.09. The highest BCUT2D eigenvalue weighted by Gasteiger charge is 2.40. The van der Waals surface area contributed by atoms with E-state index in [0.29, 0.717) is 12.2 Å². The minimum absolute atomic E-state index is 0.0420. The van der Waals surface area contributed by atoms with Gasteiger partial charge in [0, 0.05) is 23.7 Å². The number of nitro benzene ring substituents is 1. The highest BCUT2D eigenvalue weighted by molar-refractivity contribution is 9.10. The average Bonchev–Trinajstić information content (AvgIpc) is 2.46. The van der Waals surface area contributed by atoms with E-state index >= 15 is 0 Å². The molecule has 0 N–H and O–H groups in total. The standard InChI is InChI=1S/C17H27BrFNO4Si/c1-16(2,3)25(7,8)24-10-17(4,5)11-9-12(20(21)22)14(19)13(18)15(11)23-6/h9H,10H2,1-8H3. The molecule has 0 aliphatic rings. The van der Waals surface area contributed by atoms with E-state index in [-0.39, 0.29) is 15.3 Å². The summed E-state index contributed by atoms with van der Waals surface area (Å²) in [4.78, 5) is 10.5. The third-order valence-electron chi connectivity index (χ3n) is 4.87. The van der Waals surface area contributed by atoms with Crippen molar-refractivity contribution in [1.29, 1.82) is 0 Å². The average molecular weight is 436 g/mol. The first-order valence-corrected chi connectivity index (χ1v) is 11.7. The van der Waals surface area contributed by atoms with Crippen LogP contribution in [0, 0.1) is 15.9 Å². The monoisotopic (exact) mass is 435 g/mol. The molecule has 0 heterocycles. The van der Waals surface area contributed by atoms with Crippen LogP contribution in [0.25, 0.3) is 0 Å². The molecule has 0 atom stereocenters. The topological polar surface area (TPSA) is 61.6 Å². The van der Waals surface area contributed by atoms with Crippen molar-refractivity contribution in [2.45, 2.75) is 58.2 Å². The highest BCUT2D eigenvalue weighted by Crippen LogP contribution is 2.44. The minimum Gasteiger partial charge on any atom is -0.495 e. The Morgan fingerprint density at radius 3 is 2.20 bits per heavy atom. The SMILES string of the molecule is COc1c(C(C)(C)CO[Si](C)(C)C(C)(C)C)cc([N+](=O)[O-])c(F)c1Br. The predicted molar refractivity (Wildman–Crippen MR) is 103 cm³/mol. The van der Waals surface area contributed by atoms with Crippen LogP contribution >= 0.6 is 15.9 Å². The van der Waals surface area contributed by atoms with Crippen molar-refractivity contribution >= 4 is 29.9 Å². The van der Waals surface area contributed by atoms with Crippen LogP contribution in [0.4, 0.5) is 10.1 Å². The predicted octanol–water partition coefficient (Wildman–Crippen LogP) is 5.80. The number of hydrogen-bond donors (Lipinski definition) is 0. The highest BCUT2D eigenvalue weighted by atomic mass is 79.9. The first-order chi connectivity index (χ1) is 11.2. The summed E-state index contributed by atoms with van der Waals surface area (Å²) in [6.07, 6.45) is 0. The van der Waals surface area contributed by atoms with Gasteiger partial charge < -0.3 is 9.16 Å². The maximum absolute atomic E-state index is 14.2. The number of ether oxygens (including phenoxy) is 1. The van der Waals surface area contributed by atoms with Gasteiger partial charge in [0.05, 0.1) is 12.0 Å². The number of nitrogens with zero attached hydrogens (tertiary/aromatic N) is 1. The fourth-order valence-corrected chi connectivity index (χ4v) is 3.82. The molecule has 0 bridgehead atoms. The number of benzene rings is 1. The first-order valence-electron chi connectivity index (χ1n) is 8.00. The smallest absolute Gasteiger partial charge is 0.306 e. The number of nitro groups is 1. The second kappa shape index (κ2) is 7.32. The molecule has 0 unspecified atom stereocenters. The molecule has 142 valence electrons. The van der Waals surface area contributed by atoms with Gasteiger partial charge in [-0.15, -0.1) is 0 Å². The molecule has 0 aliphatic carbocycles. The van der Waals surface area contributed by atoms with E-state index in [1.807, 2.05) is 13.8 Å². The van der Waals surface area contributed by atoms with Crippen LogP contribution in [0.5, 0.6) is 5.75 Å². The summed E-state index contributed by atoms with van der Waals surface area (Å²) in [5.41, 5.74) is -0.640. The maximum Gasteiger partial charge on any atom is 0.306 e. The lowest BCUT2D eigenvalue weighted by Gasteiger charge is -2.39. The quantitative estimate of drug-likeness (QED) is 0.321. The van der Waals surface area contributed by atoms with E-state index in [0.717, 1.165) is 0 Å². The Labute approximate surface area is 158 Å². The number of halogens is 2. The third-order valence-corrected chi connectivity index (χ3v) is 10.1. The van der Waals surface area contributed by atoms with Crippen LogP contribution in [0.3, 0.4) is 0 Å². The van der Waals surface area contributed by atoms with Gasteiger partial charge in [-0.1, -0.05) is 34.6 Å². The van der Waals surface area contributed by atoms with Crippen molar-refractivity contribution in [3.63, 3.8) is 0 Å². The van der Waals surface area contributed by atoms with Crippen LogP contribution in [-0.4, -0.2) is 27.0 Å². The van der Waals surface area contributed by atoms with Gasteiger partial charge in [0.1, 0.15) is 10.2 Å². The molecule has 0 saturated carbocycles. The number of hydrogen-bond acceptors (Lipinski definition) is 4. The summed E-state index contributed by atoms with van der Waals surface area (Å²) in [7, 11) is -0.579. The third kappa shape index (κ3) is 4.59. The van der Waals surface area contributed by atoms with Gasteiger partial charge in [-0.3, -0.25) is 10.1 Å². The normalized spacial score (nSPS) is 13.0. The Hall–Kier alpha value is -0.993. The number of rotatable bonds is 6. The molecule has 25 heavy (non-hydrogen) atoms. The van der Waals surface area contributed by atoms with E-state index in [2.05, 4.69) is 49.8 Å². The van der Waals surface area contributed by atoms with Crippen LogP contribution in [0.1, 0.15) is 40.2 Å². The molecule has 0 aliphatic heterocycles. The van der Waals surface area contributed by atoms with Gasteiger partial charge in [0.15, 0.2) is 8.32 Å². The molecule has 0 radical (unpaired) electrons. The maximum atomic E-state index is 14.2. The van der Waals surface area contributed by atoms with Crippen molar-refractivity contribution in [3.05, 3.63) is 32.0 Å². The second-order valence-electron chi connectivity index (χ2n) is 8.29. The summed E-state index contributed by atoms with van der Waals surface area (Å²) in [6.45, 7) is 14.9. The molecule has 8 heteroatoms. The summed E-state index contributed by atoms with van der Waals surface area (Å²) < 4.78 is 25.8. The van der Waals surface area contributed by atoms with Gasteiger partial charge in [0.25, 0.3) is 0 Å². The zero-order valence-electron chi connectivity index (χ0n) is 16.1. The van der Waals surface area contributed by atoms with Gasteiger partial charge in [-0.2, -0.15) is 4.39 Å². The van der Waals surface area contributed by atoms with Gasteiger partial charge in [-0.05, 0) is 34.1 Å². The molecular formula is C17H27BrFNO4Si. The molecule has 5 nitrogen and oxygen atoms in total. The summed E-state index contributed by atoms with van der Waals surface area (Å²) in [6, 6.07) is 1.24. The zero-order valence-corrected chi connectivity index (χ0v) is 18.7. The molecule has 0 fully saturated rings. The van der Waals surface area contributed by atoms with E-state index in [1.54, 1.807) is 0 Å². The van der Waals surface area contributed by atoms with Crippen LogP contribution in [0.2, 0.25) is 18.1 Å². The Morgan fingerprint density at radius 1 is 1.28 bits per heavy atom. The van der Waals surface area contributed by atoms with Crippen molar-refractivity contribution < 1.29 is 18.5 Å². The van der Waals surface area contributed by atoms with E-state index in [1.165, 1.54) is 13.2 Å². The Bertz CT molecular complexity index is 672. The van der Waals surface area contributed by atoms with E-state index < -0.39 is 30.2 Å². The largest absolute Gasteiger partial charge is 0.495 e. The van der Waals surface area contributed by atoms with Crippen molar-refractivity contribution in [2.24, 2.45) is 0 Å². The molecule has 0 saturated heterocycles. The van der Waals surface area contributed by atoms with Gasteiger partial charge in [-0.25, -0.2) is 0 Å². The van der Waals surface area contributed by atoms with Gasteiger partial charge >= 0.3 is 5.69 Å². The molecular weight excluding hydrogens is 409 g/mol.